The molecule has 17 heavy (non-hydrogen) atoms. The molecule has 0 aliphatic rings. The minimum atomic E-state index is 0.505. The van der Waals surface area contributed by atoms with Crippen LogP contribution in [0.15, 0.2) is 48.5 Å². The lowest BCUT2D eigenvalue weighted by molar-refractivity contribution is 1.07. The van der Waals surface area contributed by atoms with Crippen LogP contribution in [0.1, 0.15) is 5.56 Å². The minimum Gasteiger partial charge on any atom is -0.333 e. The Balaban J connectivity index is 0.000000686. The van der Waals surface area contributed by atoms with Gasteiger partial charge in [0.25, 0.3) is 0 Å². The fraction of sp³-hybridized carbons (Fsp3) is 0.143. The predicted molar refractivity (Wildman–Crippen MR) is 74.9 cm³/mol. The van der Waals surface area contributed by atoms with Crippen molar-refractivity contribution in [2.75, 3.05) is 7.05 Å². The Morgan fingerprint density at radius 2 is 1.59 bits per heavy atom. The van der Waals surface area contributed by atoms with Crippen LogP contribution >= 0.6 is 11.6 Å². The van der Waals surface area contributed by atoms with Gasteiger partial charge in [0.05, 0.1) is 0 Å². The molecule has 0 aliphatic heterocycles. The number of nitrogens with two attached hydrogens (primary N) is 2. The van der Waals surface area contributed by atoms with E-state index in [1.807, 2.05) is 48.5 Å². The number of halogens is 1. The van der Waals surface area contributed by atoms with Gasteiger partial charge in [-0.05, 0) is 24.2 Å². The van der Waals surface area contributed by atoms with Gasteiger partial charge in [0.15, 0.2) is 0 Å². The van der Waals surface area contributed by atoms with E-state index in [9.17, 15) is 0 Å². The van der Waals surface area contributed by atoms with Gasteiger partial charge in [-0.2, -0.15) is 0 Å². The molecule has 0 fully saturated rings. The summed E-state index contributed by atoms with van der Waals surface area (Å²) in [6, 6.07) is 15.9. The van der Waals surface area contributed by atoms with E-state index in [1.165, 1.54) is 7.05 Å². The van der Waals surface area contributed by atoms with Crippen LogP contribution in [-0.2, 0) is 6.54 Å². The van der Waals surface area contributed by atoms with E-state index < -0.39 is 0 Å². The molecule has 0 radical (unpaired) electrons. The molecule has 0 saturated heterocycles. The molecule has 0 aliphatic carbocycles. The highest BCUT2D eigenvalue weighted by molar-refractivity contribution is 6.33. The number of hydrogen-bond donors (Lipinski definition) is 2. The largest absolute Gasteiger partial charge is 0.333 e. The number of rotatable bonds is 2. The third-order valence-electron chi connectivity index (χ3n) is 2.38. The second-order valence-electron chi connectivity index (χ2n) is 3.34. The van der Waals surface area contributed by atoms with E-state index >= 15 is 0 Å². The summed E-state index contributed by atoms with van der Waals surface area (Å²) in [6.45, 7) is 0.505. The van der Waals surface area contributed by atoms with Crippen LogP contribution in [0.2, 0.25) is 5.02 Å². The van der Waals surface area contributed by atoms with Gasteiger partial charge in [-0.25, -0.2) is 0 Å². The maximum absolute atomic E-state index is 6.19. The van der Waals surface area contributed by atoms with Crippen LogP contribution in [0, 0.1) is 0 Å². The molecule has 2 rings (SSSR count). The Bertz CT molecular complexity index is 455. The summed E-state index contributed by atoms with van der Waals surface area (Å²) in [7, 11) is 1.50. The fourth-order valence-corrected chi connectivity index (χ4v) is 1.97. The van der Waals surface area contributed by atoms with E-state index in [4.69, 9.17) is 17.3 Å². The third kappa shape index (κ3) is 3.30. The highest BCUT2D eigenvalue weighted by Gasteiger charge is 2.07. The molecule has 0 aromatic heterocycles. The maximum Gasteiger partial charge on any atom is 0.0487 e. The van der Waals surface area contributed by atoms with Crippen molar-refractivity contribution in [2.24, 2.45) is 11.5 Å². The third-order valence-corrected chi connectivity index (χ3v) is 2.70. The molecule has 0 saturated carbocycles. The summed E-state index contributed by atoms with van der Waals surface area (Å²) in [5.74, 6) is 0. The van der Waals surface area contributed by atoms with Crippen molar-refractivity contribution in [1.82, 2.24) is 0 Å². The van der Waals surface area contributed by atoms with Crippen LogP contribution in [0.5, 0.6) is 0 Å². The molecule has 4 N–H and O–H groups in total. The first-order valence-electron chi connectivity index (χ1n) is 5.43. The summed E-state index contributed by atoms with van der Waals surface area (Å²) >= 11 is 6.19. The lowest BCUT2D eigenvalue weighted by Gasteiger charge is -2.09. The molecule has 0 amide bonds. The number of benzene rings is 2. The van der Waals surface area contributed by atoms with Crippen molar-refractivity contribution >= 4 is 11.6 Å². The normalized spacial score (nSPS) is 9.41. The Hall–Kier alpha value is -1.35. The first-order chi connectivity index (χ1) is 8.33. The first-order valence-corrected chi connectivity index (χ1v) is 5.81. The zero-order valence-electron chi connectivity index (χ0n) is 9.86. The van der Waals surface area contributed by atoms with Gasteiger partial charge >= 0.3 is 0 Å². The molecule has 2 nitrogen and oxygen atoms in total. The van der Waals surface area contributed by atoms with Crippen molar-refractivity contribution < 1.29 is 0 Å². The van der Waals surface area contributed by atoms with Gasteiger partial charge in [0.2, 0.25) is 0 Å². The average molecular weight is 249 g/mol. The molecule has 0 spiro atoms. The molecule has 3 heteroatoms. The van der Waals surface area contributed by atoms with Gasteiger partial charge in [-0.1, -0.05) is 54.1 Å². The topological polar surface area (TPSA) is 52.0 Å². The van der Waals surface area contributed by atoms with Crippen LogP contribution in [0.3, 0.4) is 0 Å². The Labute approximate surface area is 107 Å². The second-order valence-corrected chi connectivity index (χ2v) is 3.75. The maximum atomic E-state index is 6.19. The van der Waals surface area contributed by atoms with Crippen molar-refractivity contribution in [3.63, 3.8) is 0 Å². The van der Waals surface area contributed by atoms with Gasteiger partial charge in [0.1, 0.15) is 0 Å². The molecule has 2 aromatic carbocycles. The smallest absolute Gasteiger partial charge is 0.0487 e. The Morgan fingerprint density at radius 3 is 2.18 bits per heavy atom. The van der Waals surface area contributed by atoms with E-state index in [0.717, 1.165) is 21.7 Å². The second kappa shape index (κ2) is 7.07. The molecule has 0 unspecified atom stereocenters. The Morgan fingerprint density at radius 1 is 0.941 bits per heavy atom. The minimum absolute atomic E-state index is 0.505. The van der Waals surface area contributed by atoms with Crippen molar-refractivity contribution in [1.29, 1.82) is 0 Å². The highest BCUT2D eigenvalue weighted by Crippen LogP contribution is 2.30. The molecule has 0 bridgehead atoms. The SMILES string of the molecule is CN.NCc1cccc(Cl)c1-c1ccccc1. The molecule has 0 atom stereocenters. The van der Waals surface area contributed by atoms with Gasteiger partial charge < -0.3 is 11.5 Å². The molecular formula is C14H17ClN2. The van der Waals surface area contributed by atoms with Crippen LogP contribution in [-0.4, -0.2) is 7.05 Å². The van der Waals surface area contributed by atoms with Gasteiger partial charge in [0, 0.05) is 17.1 Å². The van der Waals surface area contributed by atoms with Gasteiger partial charge in [-0.15, -0.1) is 0 Å². The van der Waals surface area contributed by atoms with Crippen molar-refractivity contribution in [3.05, 3.63) is 59.1 Å². The zero-order valence-corrected chi connectivity index (χ0v) is 10.6. The summed E-state index contributed by atoms with van der Waals surface area (Å²) < 4.78 is 0. The van der Waals surface area contributed by atoms with Crippen molar-refractivity contribution in [3.8, 4) is 11.1 Å². The zero-order chi connectivity index (χ0) is 12.7. The summed E-state index contributed by atoms with van der Waals surface area (Å²) in [5.41, 5.74) is 13.4. The predicted octanol–water partition coefficient (Wildman–Crippen LogP) is 3.04. The molecule has 2 aromatic rings. The lowest BCUT2D eigenvalue weighted by atomic mass is 10.00. The van der Waals surface area contributed by atoms with Crippen molar-refractivity contribution in [2.45, 2.75) is 6.54 Å². The van der Waals surface area contributed by atoms with Gasteiger partial charge in [-0.3, -0.25) is 0 Å². The van der Waals surface area contributed by atoms with Crippen LogP contribution in [0.25, 0.3) is 11.1 Å². The monoisotopic (exact) mass is 248 g/mol. The summed E-state index contributed by atoms with van der Waals surface area (Å²) in [6.07, 6.45) is 0. The molecule has 90 valence electrons. The standard InChI is InChI=1S/C13H12ClN.CH5N/c14-12-8-4-7-11(9-15)13(12)10-5-2-1-3-6-10;1-2/h1-8H,9,15H2;2H2,1H3. The Kier molecular flexibility index (Phi) is 5.70. The molecular weight excluding hydrogens is 232 g/mol. The van der Waals surface area contributed by atoms with E-state index in [-0.39, 0.29) is 0 Å². The summed E-state index contributed by atoms with van der Waals surface area (Å²) in [4.78, 5) is 0. The lowest BCUT2D eigenvalue weighted by Crippen LogP contribution is -1.99. The first kappa shape index (κ1) is 13.7. The number of hydrogen-bond acceptors (Lipinski definition) is 2. The van der Waals surface area contributed by atoms with E-state index in [0.29, 0.717) is 6.54 Å². The van der Waals surface area contributed by atoms with E-state index in [1.54, 1.807) is 0 Å². The molecule has 0 heterocycles. The average Bonchev–Trinajstić information content (AvgIpc) is 2.41. The van der Waals surface area contributed by atoms with Crippen LogP contribution in [0.4, 0.5) is 0 Å². The van der Waals surface area contributed by atoms with Crippen LogP contribution < -0.4 is 11.5 Å². The summed E-state index contributed by atoms with van der Waals surface area (Å²) in [5, 5.41) is 0.754. The quantitative estimate of drug-likeness (QED) is 0.858. The van der Waals surface area contributed by atoms with E-state index in [2.05, 4.69) is 5.73 Å². The highest BCUT2D eigenvalue weighted by atomic mass is 35.5. The fourth-order valence-electron chi connectivity index (χ4n) is 1.67.